The highest BCUT2D eigenvalue weighted by molar-refractivity contribution is 7.71. The summed E-state index contributed by atoms with van der Waals surface area (Å²) < 4.78 is 29.6. The number of hydrogen-bond donors (Lipinski definition) is 0. The topological polar surface area (TPSA) is 78.9 Å². The average molecular weight is 466 g/mol. The van der Waals surface area contributed by atoms with E-state index >= 15 is 0 Å². The quantitative estimate of drug-likeness (QED) is 0.347. The zero-order valence-corrected chi connectivity index (χ0v) is 20.6. The number of hydrogen-bond acceptors (Lipinski definition) is 6. The van der Waals surface area contributed by atoms with Gasteiger partial charge in [0.05, 0.1) is 21.3 Å². The number of aryl methyl sites for hydroxylation is 1. The Bertz CT molecular complexity index is 1220. The van der Waals surface area contributed by atoms with Gasteiger partial charge in [0.2, 0.25) is 5.52 Å². The predicted molar refractivity (Wildman–Crippen MR) is 130 cm³/mol. The summed E-state index contributed by atoms with van der Waals surface area (Å²) in [5, 5.41) is 0.451. The first kappa shape index (κ1) is 24.3. The molecule has 0 saturated heterocycles. The molecular formula is C26H27O6P. The summed E-state index contributed by atoms with van der Waals surface area (Å²) in [6.45, 7) is 5.36. The van der Waals surface area contributed by atoms with Crippen LogP contribution in [0.5, 0.6) is 17.2 Å². The zero-order valence-electron chi connectivity index (χ0n) is 19.6. The van der Waals surface area contributed by atoms with Crippen LogP contribution < -0.4 is 19.5 Å². The maximum atomic E-state index is 13.6. The van der Waals surface area contributed by atoms with E-state index in [1.165, 1.54) is 21.3 Å². The van der Waals surface area contributed by atoms with Gasteiger partial charge in [-0.1, -0.05) is 30.3 Å². The number of carbonyl (C=O) groups excluding carboxylic acids is 2. The standard InChI is InChI=1S/C26H27O6P/c1-15-12-20(24(27)18-10-8-7-9-11-18)16(2)17(3)25(15)33(29)26(28)23-21(31-5)13-19(30-4)14-22(23)32-6/h7-14,33H,1-6H3. The van der Waals surface area contributed by atoms with Crippen molar-refractivity contribution in [1.82, 2.24) is 0 Å². The molecule has 6 nitrogen and oxygen atoms in total. The second-order valence-corrected chi connectivity index (χ2v) is 9.24. The van der Waals surface area contributed by atoms with Crippen LogP contribution in [0.25, 0.3) is 0 Å². The average Bonchev–Trinajstić information content (AvgIpc) is 2.84. The van der Waals surface area contributed by atoms with Crippen molar-refractivity contribution in [3.05, 3.63) is 81.9 Å². The number of benzene rings is 3. The number of ether oxygens (including phenoxy) is 3. The van der Waals surface area contributed by atoms with Crippen molar-refractivity contribution in [3.8, 4) is 17.2 Å². The maximum Gasteiger partial charge on any atom is 0.230 e. The molecule has 3 aromatic carbocycles. The van der Waals surface area contributed by atoms with E-state index in [0.29, 0.717) is 38.9 Å². The van der Waals surface area contributed by atoms with Crippen LogP contribution in [0.4, 0.5) is 0 Å². The minimum absolute atomic E-state index is 0.102. The molecule has 0 radical (unpaired) electrons. The number of carbonyl (C=O) groups is 2. The fourth-order valence-corrected chi connectivity index (χ4v) is 5.53. The van der Waals surface area contributed by atoms with E-state index in [1.54, 1.807) is 44.2 Å². The molecule has 0 heterocycles. The molecule has 0 bridgehead atoms. The third kappa shape index (κ3) is 4.57. The van der Waals surface area contributed by atoms with Crippen molar-refractivity contribution < 1.29 is 28.4 Å². The molecule has 1 unspecified atom stereocenters. The van der Waals surface area contributed by atoms with Gasteiger partial charge in [-0.3, -0.25) is 9.59 Å². The van der Waals surface area contributed by atoms with E-state index < -0.39 is 13.3 Å². The lowest BCUT2D eigenvalue weighted by Gasteiger charge is -2.18. The van der Waals surface area contributed by atoms with Crippen LogP contribution in [0.2, 0.25) is 0 Å². The van der Waals surface area contributed by atoms with Crippen LogP contribution in [-0.2, 0) is 4.57 Å². The van der Waals surface area contributed by atoms with Crippen molar-refractivity contribution in [3.63, 3.8) is 0 Å². The summed E-state index contributed by atoms with van der Waals surface area (Å²) in [4.78, 5) is 26.5. The first-order valence-electron chi connectivity index (χ1n) is 10.3. The first-order valence-corrected chi connectivity index (χ1v) is 11.8. The van der Waals surface area contributed by atoms with Gasteiger partial charge in [0.25, 0.3) is 0 Å². The number of methoxy groups -OCH3 is 3. The van der Waals surface area contributed by atoms with Gasteiger partial charge < -0.3 is 18.8 Å². The van der Waals surface area contributed by atoms with Crippen LogP contribution in [0.15, 0.2) is 48.5 Å². The smallest absolute Gasteiger partial charge is 0.230 e. The summed E-state index contributed by atoms with van der Waals surface area (Å²) in [5.74, 6) is 0.775. The van der Waals surface area contributed by atoms with Gasteiger partial charge in [-0.25, -0.2) is 0 Å². The van der Waals surface area contributed by atoms with Gasteiger partial charge in [-0.15, -0.1) is 0 Å². The van der Waals surface area contributed by atoms with Crippen molar-refractivity contribution in [1.29, 1.82) is 0 Å². The predicted octanol–water partition coefficient (Wildman–Crippen LogP) is 4.89. The first-order chi connectivity index (χ1) is 15.7. The molecule has 0 aliphatic heterocycles. The largest absolute Gasteiger partial charge is 0.496 e. The summed E-state index contributed by atoms with van der Waals surface area (Å²) in [5.41, 5.74) is 2.61. The lowest BCUT2D eigenvalue weighted by molar-refractivity contribution is 0.103. The zero-order chi connectivity index (χ0) is 24.3. The Kier molecular flexibility index (Phi) is 7.39. The fraction of sp³-hybridized carbons (Fsp3) is 0.231. The van der Waals surface area contributed by atoms with Gasteiger partial charge in [0.15, 0.2) is 13.6 Å². The fourth-order valence-electron chi connectivity index (χ4n) is 3.87. The molecule has 33 heavy (non-hydrogen) atoms. The molecule has 3 aromatic rings. The highest BCUT2D eigenvalue weighted by atomic mass is 31.1. The highest BCUT2D eigenvalue weighted by Gasteiger charge is 2.29. The molecule has 172 valence electrons. The number of rotatable bonds is 8. The van der Waals surface area contributed by atoms with E-state index in [9.17, 15) is 14.2 Å². The molecule has 7 heteroatoms. The van der Waals surface area contributed by atoms with Crippen LogP contribution in [0.1, 0.15) is 43.0 Å². The van der Waals surface area contributed by atoms with Crippen molar-refractivity contribution >= 4 is 24.4 Å². The van der Waals surface area contributed by atoms with Gasteiger partial charge in [0.1, 0.15) is 22.8 Å². The normalized spacial score (nSPS) is 11.6. The molecule has 3 rings (SSSR count). The lowest BCUT2D eigenvalue weighted by Crippen LogP contribution is -2.17. The summed E-state index contributed by atoms with van der Waals surface area (Å²) in [6.07, 6.45) is 0. The lowest BCUT2D eigenvalue weighted by atomic mass is 9.94. The SMILES string of the molecule is COc1cc(OC)c(C(=O)[PH](=O)c2c(C)cc(C(=O)c3ccccc3)c(C)c2C)c(OC)c1. The Morgan fingerprint density at radius 1 is 0.788 bits per heavy atom. The molecule has 0 aliphatic carbocycles. The number of ketones is 1. The van der Waals surface area contributed by atoms with Crippen molar-refractivity contribution in [2.45, 2.75) is 20.8 Å². The van der Waals surface area contributed by atoms with Crippen LogP contribution in [0.3, 0.4) is 0 Å². The Hall–Kier alpha value is -3.37. The molecule has 0 amide bonds. The van der Waals surface area contributed by atoms with E-state index in [4.69, 9.17) is 14.2 Å². The summed E-state index contributed by atoms with van der Waals surface area (Å²) >= 11 is 0. The summed E-state index contributed by atoms with van der Waals surface area (Å²) in [6, 6.07) is 13.8. The van der Waals surface area contributed by atoms with E-state index in [2.05, 4.69) is 0 Å². The summed E-state index contributed by atoms with van der Waals surface area (Å²) in [7, 11) is 1.37. The molecule has 0 aliphatic rings. The molecular weight excluding hydrogens is 439 g/mol. The Labute approximate surface area is 194 Å². The van der Waals surface area contributed by atoms with Gasteiger partial charge in [0, 0.05) is 28.6 Å². The minimum atomic E-state index is -2.97. The molecule has 0 fully saturated rings. The highest BCUT2D eigenvalue weighted by Crippen LogP contribution is 2.41. The third-order valence-corrected chi connectivity index (χ3v) is 7.64. The van der Waals surface area contributed by atoms with Gasteiger partial charge >= 0.3 is 0 Å². The van der Waals surface area contributed by atoms with Crippen LogP contribution in [0, 0.1) is 20.8 Å². The van der Waals surface area contributed by atoms with Crippen molar-refractivity contribution in [2.75, 3.05) is 21.3 Å². The van der Waals surface area contributed by atoms with E-state index in [1.807, 2.05) is 25.1 Å². The molecule has 0 saturated carbocycles. The van der Waals surface area contributed by atoms with Gasteiger partial charge in [-0.2, -0.15) is 0 Å². The van der Waals surface area contributed by atoms with E-state index in [-0.39, 0.29) is 22.8 Å². The van der Waals surface area contributed by atoms with Crippen LogP contribution in [-0.4, -0.2) is 32.6 Å². The molecule has 0 N–H and O–H groups in total. The Morgan fingerprint density at radius 3 is 1.88 bits per heavy atom. The Balaban J connectivity index is 2.10. The third-order valence-electron chi connectivity index (χ3n) is 5.75. The second-order valence-electron chi connectivity index (χ2n) is 7.63. The molecule has 1 atom stereocenters. The Morgan fingerprint density at radius 2 is 1.36 bits per heavy atom. The molecule has 0 spiro atoms. The van der Waals surface area contributed by atoms with E-state index in [0.717, 1.165) is 0 Å². The maximum absolute atomic E-state index is 13.6. The molecule has 0 aromatic heterocycles. The second kappa shape index (κ2) is 10.1. The van der Waals surface area contributed by atoms with Crippen LogP contribution >= 0.6 is 7.80 Å². The van der Waals surface area contributed by atoms with Crippen molar-refractivity contribution in [2.24, 2.45) is 0 Å². The van der Waals surface area contributed by atoms with Gasteiger partial charge in [-0.05, 0) is 43.5 Å². The monoisotopic (exact) mass is 466 g/mol. The minimum Gasteiger partial charge on any atom is -0.496 e.